The lowest BCUT2D eigenvalue weighted by molar-refractivity contribution is -0.123. The van der Waals surface area contributed by atoms with Crippen LogP contribution in [0.25, 0.3) is 16.9 Å². The number of amides is 1. The van der Waals surface area contributed by atoms with Crippen molar-refractivity contribution in [2.24, 2.45) is 5.73 Å². The van der Waals surface area contributed by atoms with E-state index < -0.39 is 0 Å². The Morgan fingerprint density at radius 1 is 1.17 bits per heavy atom. The number of halogens is 2. The summed E-state index contributed by atoms with van der Waals surface area (Å²) >= 11 is 0. The molecule has 0 aliphatic heterocycles. The van der Waals surface area contributed by atoms with Gasteiger partial charge in [-0.2, -0.15) is 5.10 Å². The van der Waals surface area contributed by atoms with Crippen molar-refractivity contribution in [3.8, 4) is 16.9 Å². The Morgan fingerprint density at radius 3 is 2.48 bits per heavy atom. The van der Waals surface area contributed by atoms with Crippen LogP contribution in [0.15, 0.2) is 61.1 Å². The van der Waals surface area contributed by atoms with Crippen molar-refractivity contribution < 1.29 is 9.53 Å². The molecule has 3 rings (SSSR count). The molecule has 0 saturated heterocycles. The van der Waals surface area contributed by atoms with Gasteiger partial charge in [0.2, 0.25) is 5.91 Å². The van der Waals surface area contributed by atoms with E-state index in [0.29, 0.717) is 13.1 Å². The largest absolute Gasteiger partial charge is 0.380 e. The maximum absolute atomic E-state index is 12.2. The van der Waals surface area contributed by atoms with Crippen LogP contribution >= 0.6 is 24.8 Å². The van der Waals surface area contributed by atoms with E-state index in [-0.39, 0.29) is 43.2 Å². The van der Waals surface area contributed by atoms with Crippen LogP contribution in [0.2, 0.25) is 0 Å². The predicted octanol–water partition coefficient (Wildman–Crippen LogP) is 2.76. The highest BCUT2D eigenvalue weighted by atomic mass is 35.5. The Bertz CT molecular complexity index is 871. The van der Waals surface area contributed by atoms with E-state index in [0.717, 1.165) is 22.5 Å². The van der Waals surface area contributed by atoms with Gasteiger partial charge in [-0.25, -0.2) is 4.68 Å². The number of nitrogens with one attached hydrogen (secondary N) is 1. The van der Waals surface area contributed by atoms with Crippen LogP contribution in [0, 0.1) is 0 Å². The number of rotatable bonds is 8. The summed E-state index contributed by atoms with van der Waals surface area (Å²) in [6.07, 6.45) is 5.33. The van der Waals surface area contributed by atoms with Gasteiger partial charge in [0.25, 0.3) is 0 Å². The zero-order chi connectivity index (χ0) is 19.1. The van der Waals surface area contributed by atoms with Gasteiger partial charge in [-0.15, -0.1) is 24.8 Å². The molecule has 1 aromatic carbocycles. The van der Waals surface area contributed by atoms with E-state index >= 15 is 0 Å². The average molecular weight is 438 g/mol. The zero-order valence-electron chi connectivity index (χ0n) is 16.0. The lowest BCUT2D eigenvalue weighted by Gasteiger charge is -2.12. The number of aromatic nitrogens is 3. The Hall–Kier alpha value is -2.45. The molecule has 0 fully saturated rings. The SMILES string of the molecule is COC(CN)CC(=O)NCc1cn(-c2ccccc2)nc1-c1ccncc1.Cl.Cl. The number of ether oxygens (including phenoxy) is 1. The van der Waals surface area contributed by atoms with Gasteiger partial charge in [0, 0.05) is 49.9 Å². The summed E-state index contributed by atoms with van der Waals surface area (Å²) in [6, 6.07) is 13.6. The van der Waals surface area contributed by atoms with Crippen molar-refractivity contribution in [3.05, 3.63) is 66.6 Å². The van der Waals surface area contributed by atoms with Crippen molar-refractivity contribution in [2.75, 3.05) is 13.7 Å². The third-order valence-corrected chi connectivity index (χ3v) is 4.25. The molecule has 1 unspecified atom stereocenters. The second-order valence-electron chi connectivity index (χ2n) is 6.09. The van der Waals surface area contributed by atoms with Gasteiger partial charge in [-0.05, 0) is 24.3 Å². The quantitative estimate of drug-likeness (QED) is 0.564. The molecule has 2 aromatic heterocycles. The normalized spacial score (nSPS) is 11.1. The van der Waals surface area contributed by atoms with Crippen LogP contribution in [0.3, 0.4) is 0 Å². The van der Waals surface area contributed by atoms with E-state index in [1.165, 1.54) is 0 Å². The van der Waals surface area contributed by atoms with Crippen LogP contribution in [-0.4, -0.2) is 40.4 Å². The number of para-hydroxylation sites is 1. The molecule has 0 saturated carbocycles. The molecular weight excluding hydrogens is 413 g/mol. The van der Waals surface area contributed by atoms with Gasteiger partial charge in [0.05, 0.1) is 23.9 Å². The topological polar surface area (TPSA) is 95.1 Å². The number of carbonyl (C=O) groups is 1. The Labute approximate surface area is 182 Å². The summed E-state index contributed by atoms with van der Waals surface area (Å²) in [6.45, 7) is 0.669. The highest BCUT2D eigenvalue weighted by Gasteiger charge is 2.15. The number of hydrogen-bond donors (Lipinski definition) is 2. The van der Waals surface area contributed by atoms with Crippen LogP contribution in [0.4, 0.5) is 0 Å². The molecule has 2 heterocycles. The highest BCUT2D eigenvalue weighted by Crippen LogP contribution is 2.23. The maximum atomic E-state index is 12.2. The molecule has 1 atom stereocenters. The minimum absolute atomic E-state index is 0. The fourth-order valence-corrected chi connectivity index (χ4v) is 2.74. The van der Waals surface area contributed by atoms with Gasteiger partial charge in [0.1, 0.15) is 0 Å². The second-order valence-corrected chi connectivity index (χ2v) is 6.09. The molecule has 0 aliphatic carbocycles. The third kappa shape index (κ3) is 6.54. The molecule has 3 N–H and O–H groups in total. The summed E-state index contributed by atoms with van der Waals surface area (Å²) in [7, 11) is 1.55. The first-order valence-corrected chi connectivity index (χ1v) is 8.75. The van der Waals surface area contributed by atoms with Gasteiger partial charge in [0.15, 0.2) is 0 Å². The van der Waals surface area contributed by atoms with E-state index in [1.807, 2.05) is 53.3 Å². The minimum Gasteiger partial charge on any atom is -0.380 e. The Kier molecular flexibility index (Phi) is 10.3. The van der Waals surface area contributed by atoms with Crippen molar-refractivity contribution in [2.45, 2.75) is 19.1 Å². The number of nitrogens with zero attached hydrogens (tertiary/aromatic N) is 3. The number of benzene rings is 1. The Balaban J connectivity index is 0.00000210. The summed E-state index contributed by atoms with van der Waals surface area (Å²) in [5.74, 6) is -0.111. The number of hydrogen-bond acceptors (Lipinski definition) is 5. The van der Waals surface area contributed by atoms with E-state index in [9.17, 15) is 4.79 Å². The third-order valence-electron chi connectivity index (χ3n) is 4.25. The van der Waals surface area contributed by atoms with Crippen LogP contribution < -0.4 is 11.1 Å². The number of pyridine rings is 1. The van der Waals surface area contributed by atoms with Gasteiger partial charge < -0.3 is 15.8 Å². The number of nitrogens with two attached hydrogens (primary N) is 1. The lowest BCUT2D eigenvalue weighted by Crippen LogP contribution is -2.31. The predicted molar refractivity (Wildman–Crippen MR) is 118 cm³/mol. The molecule has 0 bridgehead atoms. The fraction of sp³-hybridized carbons (Fsp3) is 0.250. The van der Waals surface area contributed by atoms with Crippen LogP contribution in [-0.2, 0) is 16.1 Å². The molecule has 0 spiro atoms. The van der Waals surface area contributed by atoms with Gasteiger partial charge in [-0.3, -0.25) is 9.78 Å². The molecule has 1 amide bonds. The summed E-state index contributed by atoms with van der Waals surface area (Å²) < 4.78 is 6.98. The molecule has 156 valence electrons. The molecule has 0 radical (unpaired) electrons. The van der Waals surface area contributed by atoms with E-state index in [4.69, 9.17) is 15.6 Å². The molecule has 7 nitrogen and oxygen atoms in total. The van der Waals surface area contributed by atoms with E-state index in [2.05, 4.69) is 10.3 Å². The molecule has 29 heavy (non-hydrogen) atoms. The maximum Gasteiger partial charge on any atom is 0.222 e. The number of carbonyl (C=O) groups excluding carboxylic acids is 1. The molecule has 9 heteroatoms. The van der Waals surface area contributed by atoms with Gasteiger partial charge >= 0.3 is 0 Å². The fourth-order valence-electron chi connectivity index (χ4n) is 2.74. The van der Waals surface area contributed by atoms with Crippen molar-refractivity contribution in [3.63, 3.8) is 0 Å². The molecule has 3 aromatic rings. The van der Waals surface area contributed by atoms with Crippen molar-refractivity contribution >= 4 is 30.7 Å². The molecule has 0 aliphatic rings. The standard InChI is InChI=1S/C20H23N5O2.2ClH/c1-27-18(12-21)11-19(26)23-13-16-14-25(17-5-3-2-4-6-17)24-20(16)15-7-9-22-10-8-15;;/h2-10,14,18H,11-13,21H2,1H3,(H,23,26);2*1H. The van der Waals surface area contributed by atoms with Gasteiger partial charge in [-0.1, -0.05) is 18.2 Å². The first-order valence-electron chi connectivity index (χ1n) is 8.75. The lowest BCUT2D eigenvalue weighted by atomic mass is 10.1. The minimum atomic E-state index is -0.281. The average Bonchev–Trinajstić information content (AvgIpc) is 3.16. The number of methoxy groups -OCH3 is 1. The Morgan fingerprint density at radius 2 is 1.86 bits per heavy atom. The first-order chi connectivity index (χ1) is 13.2. The summed E-state index contributed by atoms with van der Waals surface area (Å²) in [5, 5.41) is 7.64. The highest BCUT2D eigenvalue weighted by molar-refractivity contribution is 5.85. The van der Waals surface area contributed by atoms with E-state index in [1.54, 1.807) is 19.5 Å². The summed E-state index contributed by atoms with van der Waals surface area (Å²) in [4.78, 5) is 16.2. The smallest absolute Gasteiger partial charge is 0.222 e. The molecular formula is C20H25Cl2N5O2. The monoisotopic (exact) mass is 437 g/mol. The van der Waals surface area contributed by atoms with Crippen molar-refractivity contribution in [1.29, 1.82) is 0 Å². The zero-order valence-corrected chi connectivity index (χ0v) is 17.7. The summed E-state index contributed by atoms with van der Waals surface area (Å²) in [5.41, 5.74) is 9.21. The first kappa shape index (κ1) is 24.6. The van der Waals surface area contributed by atoms with Crippen LogP contribution in [0.1, 0.15) is 12.0 Å². The van der Waals surface area contributed by atoms with Crippen molar-refractivity contribution in [1.82, 2.24) is 20.1 Å². The second kappa shape index (κ2) is 12.2. The van der Waals surface area contributed by atoms with Crippen LogP contribution in [0.5, 0.6) is 0 Å².